The number of rotatable bonds is 6. The van der Waals surface area contributed by atoms with Crippen molar-refractivity contribution in [2.75, 3.05) is 7.11 Å². The Kier molecular flexibility index (Phi) is 4.70. The third kappa shape index (κ3) is 3.68. The third-order valence-electron chi connectivity index (χ3n) is 4.09. The highest BCUT2D eigenvalue weighted by Crippen LogP contribution is 2.25. The van der Waals surface area contributed by atoms with E-state index in [-0.39, 0.29) is 6.04 Å². The molecule has 0 saturated heterocycles. The van der Waals surface area contributed by atoms with Crippen molar-refractivity contribution in [1.29, 1.82) is 0 Å². The Morgan fingerprint density at radius 1 is 1.21 bits per heavy atom. The quantitative estimate of drug-likeness (QED) is 0.648. The number of hydrogen-bond acceptors (Lipinski definition) is 2. The Morgan fingerprint density at radius 2 is 2.00 bits per heavy atom. The van der Waals surface area contributed by atoms with Crippen molar-refractivity contribution in [2.45, 2.75) is 18.9 Å². The molecular weight excluding hydrogens is 304 g/mol. The van der Waals surface area contributed by atoms with E-state index in [1.165, 1.54) is 0 Å². The molecule has 0 spiro atoms. The Morgan fingerprint density at radius 3 is 2.71 bits per heavy atom. The fourth-order valence-corrected chi connectivity index (χ4v) is 2.97. The molecule has 5 nitrogen and oxygen atoms in total. The van der Waals surface area contributed by atoms with Gasteiger partial charge in [-0.2, -0.15) is 0 Å². The van der Waals surface area contributed by atoms with Gasteiger partial charge in [-0.05, 0) is 42.2 Å². The lowest BCUT2D eigenvalue weighted by molar-refractivity contribution is 0.189. The molecule has 1 unspecified atom stereocenters. The fourth-order valence-electron chi connectivity index (χ4n) is 2.97. The summed E-state index contributed by atoms with van der Waals surface area (Å²) in [6, 6.07) is 15.5. The van der Waals surface area contributed by atoms with Crippen LogP contribution in [-0.4, -0.2) is 29.3 Å². The molecule has 24 heavy (non-hydrogen) atoms. The number of ether oxygens (including phenoxy) is 1. The van der Waals surface area contributed by atoms with Crippen LogP contribution in [0.3, 0.4) is 0 Å². The van der Waals surface area contributed by atoms with Crippen LogP contribution in [-0.2, 0) is 12.8 Å². The summed E-state index contributed by atoms with van der Waals surface area (Å²) in [4.78, 5) is 14.4. The molecule has 0 radical (unpaired) electrons. The lowest BCUT2D eigenvalue weighted by Crippen LogP contribution is -2.37. The van der Waals surface area contributed by atoms with Gasteiger partial charge >= 0.3 is 6.09 Å². The molecule has 0 fully saturated rings. The maximum atomic E-state index is 11.2. The first-order valence-corrected chi connectivity index (χ1v) is 7.83. The molecule has 1 atom stereocenters. The second-order valence-electron chi connectivity index (χ2n) is 5.77. The number of aromatic amines is 1. The Labute approximate surface area is 140 Å². The minimum absolute atomic E-state index is 0.199. The van der Waals surface area contributed by atoms with Crippen molar-refractivity contribution < 1.29 is 14.6 Å². The summed E-state index contributed by atoms with van der Waals surface area (Å²) in [6.45, 7) is 0. The van der Waals surface area contributed by atoms with Crippen LogP contribution in [0, 0.1) is 0 Å². The van der Waals surface area contributed by atoms with Gasteiger partial charge in [-0.25, -0.2) is 4.79 Å². The highest BCUT2D eigenvalue weighted by Gasteiger charge is 2.16. The van der Waals surface area contributed by atoms with Crippen LogP contribution < -0.4 is 10.1 Å². The molecule has 1 heterocycles. The van der Waals surface area contributed by atoms with Gasteiger partial charge in [-0.1, -0.05) is 30.3 Å². The molecule has 124 valence electrons. The minimum atomic E-state index is -1.01. The molecule has 0 saturated carbocycles. The number of benzene rings is 2. The maximum absolute atomic E-state index is 11.2. The zero-order chi connectivity index (χ0) is 16.9. The average Bonchev–Trinajstić information content (AvgIpc) is 2.97. The summed E-state index contributed by atoms with van der Waals surface area (Å²) in [7, 11) is 1.64. The summed E-state index contributed by atoms with van der Waals surface area (Å²) in [5.74, 6) is 0.786. The number of aromatic nitrogens is 1. The molecule has 0 bridgehead atoms. The van der Waals surface area contributed by atoms with E-state index < -0.39 is 6.09 Å². The van der Waals surface area contributed by atoms with E-state index in [1.54, 1.807) is 7.11 Å². The van der Waals surface area contributed by atoms with E-state index in [9.17, 15) is 4.79 Å². The van der Waals surface area contributed by atoms with Crippen molar-refractivity contribution in [2.24, 2.45) is 0 Å². The lowest BCUT2D eigenvalue weighted by Gasteiger charge is -2.17. The zero-order valence-corrected chi connectivity index (χ0v) is 13.5. The summed E-state index contributed by atoms with van der Waals surface area (Å²) in [5, 5.41) is 12.8. The number of methoxy groups -OCH3 is 1. The number of carbonyl (C=O) groups is 1. The fraction of sp³-hybridized carbons (Fsp3) is 0.211. The standard InChI is InChI=1S/C19H20N2O3/c1-24-16-7-8-18-17(11-16)14(12-20-18)10-15(21-19(22)23)9-13-5-3-2-4-6-13/h2-8,11-12,15,20-21H,9-10H2,1H3,(H,22,23). The van der Waals surface area contributed by atoms with Crippen LogP contribution in [0.2, 0.25) is 0 Å². The largest absolute Gasteiger partial charge is 0.497 e. The Balaban J connectivity index is 1.85. The molecule has 1 amide bonds. The second kappa shape index (κ2) is 7.08. The molecule has 3 N–H and O–H groups in total. The van der Waals surface area contributed by atoms with Crippen molar-refractivity contribution in [3.63, 3.8) is 0 Å². The van der Waals surface area contributed by atoms with Gasteiger partial charge in [0, 0.05) is 23.1 Å². The van der Waals surface area contributed by atoms with Crippen LogP contribution in [0.4, 0.5) is 4.79 Å². The molecule has 3 aromatic rings. The van der Waals surface area contributed by atoms with Gasteiger partial charge < -0.3 is 20.1 Å². The average molecular weight is 324 g/mol. The number of hydrogen-bond donors (Lipinski definition) is 3. The van der Waals surface area contributed by atoms with Crippen molar-refractivity contribution in [3.05, 3.63) is 65.9 Å². The van der Waals surface area contributed by atoms with Gasteiger partial charge in [0.15, 0.2) is 0 Å². The van der Waals surface area contributed by atoms with E-state index in [2.05, 4.69) is 10.3 Å². The predicted octanol–water partition coefficient (Wildman–Crippen LogP) is 3.60. The van der Waals surface area contributed by atoms with E-state index >= 15 is 0 Å². The van der Waals surface area contributed by atoms with E-state index in [0.29, 0.717) is 12.8 Å². The predicted molar refractivity (Wildman–Crippen MR) is 93.6 cm³/mol. The van der Waals surface area contributed by atoms with Gasteiger partial charge in [0.05, 0.1) is 7.11 Å². The van der Waals surface area contributed by atoms with Gasteiger partial charge in [0.2, 0.25) is 0 Å². The molecule has 0 aliphatic rings. The smallest absolute Gasteiger partial charge is 0.404 e. The molecule has 2 aromatic carbocycles. The first kappa shape index (κ1) is 15.9. The number of amides is 1. The Hall–Kier alpha value is -2.95. The van der Waals surface area contributed by atoms with Crippen molar-refractivity contribution >= 4 is 17.0 Å². The number of nitrogens with one attached hydrogen (secondary N) is 2. The molecule has 3 rings (SSSR count). The SMILES string of the molecule is COc1ccc2[nH]cc(CC(Cc3ccccc3)NC(=O)O)c2c1. The molecule has 0 aliphatic carbocycles. The minimum Gasteiger partial charge on any atom is -0.497 e. The van der Waals surface area contributed by atoms with Crippen molar-refractivity contribution in [1.82, 2.24) is 10.3 Å². The zero-order valence-electron chi connectivity index (χ0n) is 13.5. The van der Waals surface area contributed by atoms with E-state index in [0.717, 1.165) is 27.8 Å². The highest BCUT2D eigenvalue weighted by atomic mass is 16.5. The van der Waals surface area contributed by atoms with E-state index in [1.807, 2.05) is 54.7 Å². The number of fused-ring (bicyclic) bond motifs is 1. The second-order valence-corrected chi connectivity index (χ2v) is 5.77. The third-order valence-corrected chi connectivity index (χ3v) is 4.09. The maximum Gasteiger partial charge on any atom is 0.404 e. The first-order valence-electron chi connectivity index (χ1n) is 7.83. The van der Waals surface area contributed by atoms with Crippen molar-refractivity contribution in [3.8, 4) is 5.75 Å². The first-order chi connectivity index (χ1) is 11.7. The van der Waals surface area contributed by atoms with Crippen LogP contribution in [0.5, 0.6) is 5.75 Å². The van der Waals surface area contributed by atoms with Gasteiger partial charge in [0.25, 0.3) is 0 Å². The van der Waals surface area contributed by atoms with Gasteiger partial charge in [-0.15, -0.1) is 0 Å². The Bertz CT molecular complexity index is 827. The molecule has 0 aliphatic heterocycles. The van der Waals surface area contributed by atoms with Crippen LogP contribution in [0.15, 0.2) is 54.7 Å². The summed E-state index contributed by atoms with van der Waals surface area (Å²) in [5.41, 5.74) is 3.19. The van der Waals surface area contributed by atoms with Crippen LogP contribution in [0.25, 0.3) is 10.9 Å². The van der Waals surface area contributed by atoms with Gasteiger partial charge in [0.1, 0.15) is 5.75 Å². The highest BCUT2D eigenvalue weighted by molar-refractivity contribution is 5.84. The van der Waals surface area contributed by atoms with E-state index in [4.69, 9.17) is 9.84 Å². The van der Waals surface area contributed by atoms with Gasteiger partial charge in [-0.3, -0.25) is 0 Å². The number of carboxylic acid groups (broad SMARTS) is 1. The topological polar surface area (TPSA) is 74.3 Å². The normalized spacial score (nSPS) is 12.0. The summed E-state index contributed by atoms with van der Waals surface area (Å²) >= 11 is 0. The molecular formula is C19H20N2O3. The van der Waals surface area contributed by atoms with Crippen LogP contribution in [0.1, 0.15) is 11.1 Å². The molecule has 1 aromatic heterocycles. The summed E-state index contributed by atoms with van der Waals surface area (Å²) < 4.78 is 5.29. The monoisotopic (exact) mass is 324 g/mol. The molecule has 5 heteroatoms. The summed E-state index contributed by atoms with van der Waals surface area (Å²) in [6.07, 6.45) is 2.18. The number of H-pyrrole nitrogens is 1. The lowest BCUT2D eigenvalue weighted by atomic mass is 9.98. The van der Waals surface area contributed by atoms with Crippen LogP contribution >= 0.6 is 0 Å².